The number of amides is 2. The first-order valence-corrected chi connectivity index (χ1v) is 10.9. The summed E-state index contributed by atoms with van der Waals surface area (Å²) in [5, 5.41) is 5.92. The van der Waals surface area contributed by atoms with E-state index in [1.165, 1.54) is 0 Å². The van der Waals surface area contributed by atoms with Gasteiger partial charge in [0.2, 0.25) is 5.91 Å². The zero-order valence-corrected chi connectivity index (χ0v) is 18.8. The van der Waals surface area contributed by atoms with Gasteiger partial charge in [0.25, 0.3) is 5.91 Å². The van der Waals surface area contributed by atoms with E-state index in [-0.39, 0.29) is 18.4 Å². The summed E-state index contributed by atoms with van der Waals surface area (Å²) < 4.78 is 5.78. The van der Waals surface area contributed by atoms with Gasteiger partial charge in [0, 0.05) is 29.7 Å². The molecule has 4 aromatic carbocycles. The Hall–Kier alpha value is -4.58. The fourth-order valence-electron chi connectivity index (χ4n) is 3.35. The maximum Gasteiger partial charge on any atom is 0.258 e. The highest BCUT2D eigenvalue weighted by Crippen LogP contribution is 2.22. The number of nitrogens with one attached hydrogen (secondary N) is 2. The van der Waals surface area contributed by atoms with Crippen LogP contribution >= 0.6 is 0 Å². The van der Waals surface area contributed by atoms with Crippen LogP contribution in [0.4, 0.5) is 17.1 Å². The Kier molecular flexibility index (Phi) is 7.20. The summed E-state index contributed by atoms with van der Waals surface area (Å²) in [4.78, 5) is 26.8. The Bertz CT molecular complexity index is 1240. The molecule has 0 radical (unpaired) electrons. The van der Waals surface area contributed by atoms with Gasteiger partial charge in [-0.25, -0.2) is 0 Å². The van der Waals surface area contributed by atoms with Crippen molar-refractivity contribution < 1.29 is 14.3 Å². The lowest BCUT2D eigenvalue weighted by Crippen LogP contribution is -2.26. The molecule has 0 heterocycles. The van der Waals surface area contributed by atoms with E-state index in [4.69, 9.17) is 4.74 Å². The fraction of sp³-hybridized carbons (Fsp3) is 0.0714. The second-order valence-corrected chi connectivity index (χ2v) is 7.62. The van der Waals surface area contributed by atoms with Gasteiger partial charge in [0.1, 0.15) is 11.5 Å². The van der Waals surface area contributed by atoms with Gasteiger partial charge in [-0.2, -0.15) is 0 Å². The molecule has 170 valence electrons. The molecule has 4 rings (SSSR count). The number of nitrogens with zero attached hydrogens (tertiary/aromatic N) is 1. The lowest BCUT2D eigenvalue weighted by Gasteiger charge is -2.17. The number of anilines is 3. The van der Waals surface area contributed by atoms with E-state index < -0.39 is 0 Å². The molecular weight excluding hydrogens is 426 g/mol. The quantitative estimate of drug-likeness (QED) is 0.355. The summed E-state index contributed by atoms with van der Waals surface area (Å²) in [5.74, 6) is 1.10. The van der Waals surface area contributed by atoms with Gasteiger partial charge < -0.3 is 20.3 Å². The Balaban J connectivity index is 1.30. The predicted octanol–water partition coefficient (Wildman–Crippen LogP) is 5.81. The van der Waals surface area contributed by atoms with Crippen molar-refractivity contribution in [3.05, 3.63) is 115 Å². The van der Waals surface area contributed by atoms with Crippen molar-refractivity contribution in [1.29, 1.82) is 0 Å². The van der Waals surface area contributed by atoms with Crippen LogP contribution in [0.1, 0.15) is 10.4 Å². The molecule has 0 aromatic heterocycles. The van der Waals surface area contributed by atoms with Crippen molar-refractivity contribution >= 4 is 28.9 Å². The van der Waals surface area contributed by atoms with Crippen LogP contribution in [0.25, 0.3) is 0 Å². The predicted molar refractivity (Wildman–Crippen MR) is 136 cm³/mol. The van der Waals surface area contributed by atoms with E-state index >= 15 is 0 Å². The average Bonchev–Trinajstić information content (AvgIpc) is 2.89. The summed E-state index contributed by atoms with van der Waals surface area (Å²) in [6.07, 6.45) is 0. The lowest BCUT2D eigenvalue weighted by molar-refractivity contribution is -0.114. The zero-order chi connectivity index (χ0) is 23.8. The van der Waals surface area contributed by atoms with Crippen LogP contribution in [-0.2, 0) is 4.79 Å². The first-order valence-electron chi connectivity index (χ1n) is 10.9. The van der Waals surface area contributed by atoms with Crippen molar-refractivity contribution in [3.8, 4) is 11.5 Å². The number of ether oxygens (including phenoxy) is 1. The molecule has 0 aliphatic carbocycles. The minimum atomic E-state index is -0.217. The summed E-state index contributed by atoms with van der Waals surface area (Å²) in [7, 11) is 1.73. The minimum Gasteiger partial charge on any atom is -0.457 e. The van der Waals surface area contributed by atoms with Crippen LogP contribution < -0.4 is 20.3 Å². The van der Waals surface area contributed by atoms with Crippen molar-refractivity contribution in [2.45, 2.75) is 0 Å². The Labute approximate surface area is 198 Å². The van der Waals surface area contributed by atoms with Crippen LogP contribution in [0.5, 0.6) is 11.5 Å². The van der Waals surface area contributed by atoms with Gasteiger partial charge in [0.05, 0.1) is 6.54 Å². The molecular formula is C28H25N3O3. The normalized spacial score (nSPS) is 10.3. The summed E-state index contributed by atoms with van der Waals surface area (Å²) in [6.45, 7) is 0.0843. The Morgan fingerprint density at radius 2 is 1.38 bits per heavy atom. The average molecular weight is 452 g/mol. The van der Waals surface area contributed by atoms with E-state index in [1.54, 1.807) is 36.2 Å². The maximum atomic E-state index is 12.8. The second-order valence-electron chi connectivity index (χ2n) is 7.62. The minimum absolute atomic E-state index is 0.0843. The van der Waals surface area contributed by atoms with Crippen molar-refractivity contribution in [3.63, 3.8) is 0 Å². The topological polar surface area (TPSA) is 70.7 Å². The highest BCUT2D eigenvalue weighted by molar-refractivity contribution is 6.06. The van der Waals surface area contributed by atoms with Crippen molar-refractivity contribution in [2.75, 3.05) is 29.1 Å². The number of hydrogen-bond acceptors (Lipinski definition) is 4. The molecule has 2 amide bonds. The Morgan fingerprint density at radius 1 is 0.735 bits per heavy atom. The molecule has 0 spiro atoms. The van der Waals surface area contributed by atoms with Gasteiger partial charge in [-0.3, -0.25) is 9.59 Å². The van der Waals surface area contributed by atoms with Crippen LogP contribution in [0.2, 0.25) is 0 Å². The first-order chi connectivity index (χ1) is 16.6. The summed E-state index contributed by atoms with van der Waals surface area (Å²) >= 11 is 0. The molecule has 0 unspecified atom stereocenters. The molecule has 0 fully saturated rings. The van der Waals surface area contributed by atoms with E-state index in [9.17, 15) is 9.59 Å². The highest BCUT2D eigenvalue weighted by Gasteiger charge is 2.14. The van der Waals surface area contributed by atoms with Gasteiger partial charge in [-0.1, -0.05) is 42.5 Å². The highest BCUT2D eigenvalue weighted by atomic mass is 16.5. The smallest absolute Gasteiger partial charge is 0.258 e. The monoisotopic (exact) mass is 451 g/mol. The summed E-state index contributed by atoms with van der Waals surface area (Å²) in [5.41, 5.74) is 2.65. The van der Waals surface area contributed by atoms with Gasteiger partial charge in [-0.05, 0) is 66.7 Å². The number of benzene rings is 4. The number of carbonyl (C=O) groups is 2. The molecule has 34 heavy (non-hydrogen) atoms. The zero-order valence-electron chi connectivity index (χ0n) is 18.8. The van der Waals surface area contributed by atoms with E-state index in [2.05, 4.69) is 10.6 Å². The number of carbonyl (C=O) groups excluding carboxylic acids is 2. The molecule has 0 saturated carbocycles. The standard InChI is InChI=1S/C28H25N3O3/c1-31(24-11-4-2-5-12-24)28(33)21-9-8-10-23(19-21)30-27(32)20-29-22-15-17-26(18-16-22)34-25-13-6-3-7-14-25/h2-19,29H,20H2,1H3,(H,30,32). The van der Waals surface area contributed by atoms with Crippen molar-refractivity contribution in [2.24, 2.45) is 0 Å². The molecule has 4 aromatic rings. The third-order valence-corrected chi connectivity index (χ3v) is 5.13. The molecule has 0 aliphatic heterocycles. The number of para-hydroxylation sites is 2. The molecule has 0 bridgehead atoms. The fourth-order valence-corrected chi connectivity index (χ4v) is 3.35. The molecule has 0 aliphatic rings. The van der Waals surface area contributed by atoms with Gasteiger partial charge in [0.15, 0.2) is 0 Å². The third kappa shape index (κ3) is 6.01. The molecule has 0 saturated heterocycles. The molecule has 6 heteroatoms. The van der Waals surface area contributed by atoms with Crippen LogP contribution in [0.15, 0.2) is 109 Å². The third-order valence-electron chi connectivity index (χ3n) is 5.13. The lowest BCUT2D eigenvalue weighted by atomic mass is 10.1. The molecule has 2 N–H and O–H groups in total. The molecule has 6 nitrogen and oxygen atoms in total. The SMILES string of the molecule is CN(C(=O)c1cccc(NC(=O)CNc2ccc(Oc3ccccc3)cc2)c1)c1ccccc1. The van der Waals surface area contributed by atoms with Gasteiger partial charge in [-0.15, -0.1) is 0 Å². The van der Waals surface area contributed by atoms with E-state index in [0.717, 1.165) is 17.1 Å². The van der Waals surface area contributed by atoms with E-state index in [0.29, 0.717) is 17.0 Å². The van der Waals surface area contributed by atoms with Crippen LogP contribution in [0.3, 0.4) is 0 Å². The maximum absolute atomic E-state index is 12.8. The summed E-state index contributed by atoms with van der Waals surface area (Å²) in [6, 6.07) is 33.2. The van der Waals surface area contributed by atoms with Gasteiger partial charge >= 0.3 is 0 Å². The van der Waals surface area contributed by atoms with Crippen molar-refractivity contribution in [1.82, 2.24) is 0 Å². The van der Waals surface area contributed by atoms with Crippen LogP contribution in [-0.4, -0.2) is 25.4 Å². The number of rotatable bonds is 8. The molecule has 0 atom stereocenters. The second kappa shape index (κ2) is 10.8. The first kappa shape index (κ1) is 22.6. The van der Waals surface area contributed by atoms with Crippen LogP contribution in [0, 0.1) is 0 Å². The van der Waals surface area contributed by atoms with E-state index in [1.807, 2.05) is 84.9 Å². The largest absolute Gasteiger partial charge is 0.457 e. The number of hydrogen-bond donors (Lipinski definition) is 2. The Morgan fingerprint density at radius 3 is 2.09 bits per heavy atom.